The second kappa shape index (κ2) is 8.86. The molecule has 2 nitrogen and oxygen atoms in total. The number of ether oxygens (including phenoxy) is 1. The maximum absolute atomic E-state index is 5.46. The van der Waals surface area contributed by atoms with Crippen molar-refractivity contribution < 1.29 is 4.74 Å². The summed E-state index contributed by atoms with van der Waals surface area (Å²) < 4.78 is 6.76. The predicted octanol–water partition coefficient (Wildman–Crippen LogP) is 5.75. The Morgan fingerprint density at radius 2 is 1.89 bits per heavy atom. The van der Waals surface area contributed by atoms with Crippen LogP contribution >= 0.6 is 33.9 Å². The molecule has 0 spiro atoms. The van der Waals surface area contributed by atoms with E-state index >= 15 is 0 Å². The zero-order valence-corrected chi connectivity index (χ0v) is 18.6. The highest BCUT2D eigenvalue weighted by Gasteiger charge is 2.12. The largest absolute Gasteiger partial charge is 0.379 e. The third-order valence-electron chi connectivity index (χ3n) is 5.06. The van der Waals surface area contributed by atoms with Crippen LogP contribution in [0.2, 0.25) is 0 Å². The molecule has 0 bridgehead atoms. The summed E-state index contributed by atoms with van der Waals surface area (Å²) in [5.41, 5.74) is 5.52. The molecule has 0 radical (unpaired) electrons. The van der Waals surface area contributed by atoms with Crippen molar-refractivity contribution in [3.63, 3.8) is 0 Å². The van der Waals surface area contributed by atoms with Gasteiger partial charge in [-0.3, -0.25) is 4.90 Å². The monoisotopic (exact) mass is 489 g/mol. The molecule has 1 aromatic heterocycles. The van der Waals surface area contributed by atoms with Crippen LogP contribution in [0.25, 0.3) is 10.4 Å². The van der Waals surface area contributed by atoms with Gasteiger partial charge in [0.1, 0.15) is 0 Å². The Morgan fingerprint density at radius 3 is 2.74 bits per heavy atom. The Morgan fingerprint density at radius 1 is 1.04 bits per heavy atom. The van der Waals surface area contributed by atoms with Crippen molar-refractivity contribution >= 4 is 33.9 Å². The normalized spacial score (nSPS) is 15.2. The van der Waals surface area contributed by atoms with Crippen LogP contribution in [0.1, 0.15) is 21.6 Å². The molecule has 2 aromatic carbocycles. The predicted molar refractivity (Wildman–Crippen MR) is 123 cm³/mol. The first-order valence-corrected chi connectivity index (χ1v) is 11.3. The van der Waals surface area contributed by atoms with E-state index in [0.717, 1.165) is 39.3 Å². The van der Waals surface area contributed by atoms with E-state index in [-0.39, 0.29) is 0 Å². The molecule has 0 amide bonds. The summed E-state index contributed by atoms with van der Waals surface area (Å²) in [6.45, 7) is 6.98. The lowest BCUT2D eigenvalue weighted by molar-refractivity contribution is 0.0342. The number of hydrogen-bond donors (Lipinski definition) is 0. The highest BCUT2D eigenvalue weighted by atomic mass is 127. The lowest BCUT2D eigenvalue weighted by Crippen LogP contribution is -2.35. The summed E-state index contributed by atoms with van der Waals surface area (Å²) in [5.74, 6) is 0. The fourth-order valence-corrected chi connectivity index (χ4v) is 5.07. The number of nitrogens with zero attached hydrogens (tertiary/aromatic N) is 1. The number of aryl methyl sites for hydroxylation is 1. The number of morpholine rings is 1. The van der Waals surface area contributed by atoms with E-state index < -0.39 is 0 Å². The van der Waals surface area contributed by atoms with Gasteiger partial charge in [0, 0.05) is 39.4 Å². The molecule has 0 atom stereocenters. The van der Waals surface area contributed by atoms with Crippen LogP contribution in [0.4, 0.5) is 0 Å². The maximum Gasteiger partial charge on any atom is 0.0594 e. The van der Waals surface area contributed by atoms with Crippen LogP contribution in [-0.2, 0) is 17.7 Å². The lowest BCUT2D eigenvalue weighted by Gasteiger charge is -2.26. The molecule has 1 fully saturated rings. The molecular formula is C23H24INOS. The van der Waals surface area contributed by atoms with E-state index in [9.17, 15) is 0 Å². The molecule has 0 N–H and O–H groups in total. The third kappa shape index (κ3) is 4.99. The smallest absolute Gasteiger partial charge is 0.0594 e. The fraction of sp³-hybridized carbons (Fsp3) is 0.304. The SMILES string of the molecule is Cc1ccc(I)cc1Cc1ccc(-c2cccc(CN3CCOCC3)c2)s1. The van der Waals surface area contributed by atoms with Crippen molar-refractivity contribution in [1.82, 2.24) is 4.90 Å². The van der Waals surface area contributed by atoms with Crippen molar-refractivity contribution in [3.8, 4) is 10.4 Å². The molecule has 0 unspecified atom stereocenters. The number of rotatable bonds is 5. The Labute approximate surface area is 179 Å². The van der Waals surface area contributed by atoms with Crippen LogP contribution in [-0.4, -0.2) is 31.2 Å². The zero-order valence-electron chi connectivity index (χ0n) is 15.6. The van der Waals surface area contributed by atoms with Gasteiger partial charge in [-0.2, -0.15) is 0 Å². The van der Waals surface area contributed by atoms with Gasteiger partial charge in [-0.05, 0) is 82.1 Å². The Kier molecular flexibility index (Phi) is 6.28. The number of hydrogen-bond acceptors (Lipinski definition) is 3. The van der Waals surface area contributed by atoms with Gasteiger partial charge >= 0.3 is 0 Å². The standard InChI is InChI=1S/C23H24INOS/c1-17-5-6-21(24)14-20(17)15-22-7-8-23(27-22)19-4-2-3-18(13-19)16-25-9-11-26-12-10-25/h2-8,13-14H,9-12,15-16H2,1H3. The van der Waals surface area contributed by atoms with Crippen molar-refractivity contribution in [1.29, 1.82) is 0 Å². The molecule has 3 aromatic rings. The summed E-state index contributed by atoms with van der Waals surface area (Å²) in [6, 6.07) is 20.3. The van der Waals surface area contributed by atoms with Crippen molar-refractivity contribution in [3.05, 3.63) is 79.7 Å². The molecule has 140 valence electrons. The van der Waals surface area contributed by atoms with Crippen LogP contribution in [0.3, 0.4) is 0 Å². The average molecular weight is 489 g/mol. The van der Waals surface area contributed by atoms with Gasteiger partial charge in [0.2, 0.25) is 0 Å². The van der Waals surface area contributed by atoms with E-state index in [1.807, 2.05) is 11.3 Å². The molecule has 1 aliphatic rings. The van der Waals surface area contributed by atoms with Crippen LogP contribution in [0.5, 0.6) is 0 Å². The topological polar surface area (TPSA) is 12.5 Å². The van der Waals surface area contributed by atoms with Crippen LogP contribution < -0.4 is 0 Å². The summed E-state index contributed by atoms with van der Waals surface area (Å²) in [6.07, 6.45) is 1.01. The van der Waals surface area contributed by atoms with Gasteiger partial charge in [-0.1, -0.05) is 24.3 Å². The quantitative estimate of drug-likeness (QED) is 0.423. The van der Waals surface area contributed by atoms with Crippen LogP contribution in [0.15, 0.2) is 54.6 Å². The Bertz CT molecular complexity index is 914. The molecule has 4 heteroatoms. The van der Waals surface area contributed by atoms with E-state index in [4.69, 9.17) is 4.74 Å². The first kappa shape index (κ1) is 19.1. The van der Waals surface area contributed by atoms with Crippen molar-refractivity contribution in [2.24, 2.45) is 0 Å². The summed E-state index contributed by atoms with van der Waals surface area (Å²) in [4.78, 5) is 5.26. The lowest BCUT2D eigenvalue weighted by atomic mass is 10.1. The van der Waals surface area contributed by atoms with Crippen molar-refractivity contribution in [2.75, 3.05) is 26.3 Å². The van der Waals surface area contributed by atoms with Crippen LogP contribution in [0, 0.1) is 10.5 Å². The average Bonchev–Trinajstić information content (AvgIpc) is 3.14. The summed E-state index contributed by atoms with van der Waals surface area (Å²) in [7, 11) is 0. The van der Waals surface area contributed by atoms with E-state index in [1.54, 1.807) is 0 Å². The molecule has 2 heterocycles. The van der Waals surface area contributed by atoms with Gasteiger partial charge in [0.15, 0.2) is 0 Å². The number of thiophene rings is 1. The van der Waals surface area contributed by atoms with Gasteiger partial charge in [-0.15, -0.1) is 11.3 Å². The number of benzene rings is 2. The second-order valence-electron chi connectivity index (χ2n) is 7.10. The highest BCUT2D eigenvalue weighted by Crippen LogP contribution is 2.31. The van der Waals surface area contributed by atoms with Gasteiger partial charge < -0.3 is 4.74 Å². The van der Waals surface area contributed by atoms with E-state index in [1.165, 1.54) is 35.6 Å². The molecular weight excluding hydrogens is 465 g/mol. The summed E-state index contributed by atoms with van der Waals surface area (Å²) >= 11 is 4.31. The van der Waals surface area contributed by atoms with E-state index in [2.05, 4.69) is 89.0 Å². The van der Waals surface area contributed by atoms with E-state index in [0.29, 0.717) is 0 Å². The van der Waals surface area contributed by atoms with Gasteiger partial charge in [0.25, 0.3) is 0 Å². The number of halogens is 1. The minimum absolute atomic E-state index is 0.853. The highest BCUT2D eigenvalue weighted by molar-refractivity contribution is 14.1. The zero-order chi connectivity index (χ0) is 18.6. The molecule has 1 saturated heterocycles. The Balaban J connectivity index is 1.49. The Hall–Kier alpha value is -1.21. The van der Waals surface area contributed by atoms with Gasteiger partial charge in [-0.25, -0.2) is 0 Å². The van der Waals surface area contributed by atoms with Gasteiger partial charge in [0.05, 0.1) is 13.2 Å². The molecule has 4 rings (SSSR count). The molecule has 27 heavy (non-hydrogen) atoms. The first-order chi connectivity index (χ1) is 13.2. The maximum atomic E-state index is 5.46. The fourth-order valence-electron chi connectivity index (χ4n) is 3.49. The second-order valence-corrected chi connectivity index (χ2v) is 9.52. The minimum Gasteiger partial charge on any atom is -0.379 e. The minimum atomic E-state index is 0.853. The third-order valence-corrected chi connectivity index (χ3v) is 6.86. The molecule has 0 aliphatic carbocycles. The first-order valence-electron chi connectivity index (χ1n) is 9.40. The molecule has 1 aliphatic heterocycles. The van der Waals surface area contributed by atoms with Crippen molar-refractivity contribution in [2.45, 2.75) is 19.9 Å². The molecule has 0 saturated carbocycles. The summed E-state index contributed by atoms with van der Waals surface area (Å²) in [5, 5.41) is 0.